The molecule has 0 radical (unpaired) electrons. The normalized spacial score (nSPS) is 21.5. The van der Waals surface area contributed by atoms with Crippen LogP contribution in [0.3, 0.4) is 0 Å². The van der Waals surface area contributed by atoms with Gasteiger partial charge in [0.05, 0.1) is 0 Å². The summed E-state index contributed by atoms with van der Waals surface area (Å²) in [6, 6.07) is 12.8. The summed E-state index contributed by atoms with van der Waals surface area (Å²) >= 11 is 0. The average molecular weight is 283 g/mol. The van der Waals surface area contributed by atoms with Crippen molar-refractivity contribution in [3.8, 4) is 0 Å². The number of hydrogen-bond acceptors (Lipinski definition) is 3. The Kier molecular flexibility index (Phi) is 3.58. The lowest BCUT2D eigenvalue weighted by atomic mass is 9.95. The Hall–Kier alpha value is -2.40. The van der Waals surface area contributed by atoms with Crippen LogP contribution in [0.15, 0.2) is 53.5 Å². The molecule has 1 aromatic carbocycles. The van der Waals surface area contributed by atoms with Gasteiger partial charge in [-0.1, -0.05) is 30.3 Å². The maximum atomic E-state index is 12.4. The van der Waals surface area contributed by atoms with E-state index in [-0.39, 0.29) is 23.4 Å². The van der Waals surface area contributed by atoms with Crippen LogP contribution in [0.1, 0.15) is 21.8 Å². The number of pyridine rings is 1. The predicted octanol–water partition coefficient (Wildman–Crippen LogP) is 0.942. The first kappa shape index (κ1) is 13.6. The summed E-state index contributed by atoms with van der Waals surface area (Å²) in [6.45, 7) is 1.09. The van der Waals surface area contributed by atoms with Gasteiger partial charge in [-0.3, -0.25) is 9.59 Å². The summed E-state index contributed by atoms with van der Waals surface area (Å²) in [4.78, 5) is 28.0. The molecule has 1 saturated heterocycles. The quantitative estimate of drug-likeness (QED) is 0.861. The van der Waals surface area contributed by atoms with Crippen molar-refractivity contribution in [3.63, 3.8) is 0 Å². The molecule has 2 atom stereocenters. The Morgan fingerprint density at radius 3 is 2.67 bits per heavy atom. The van der Waals surface area contributed by atoms with Crippen molar-refractivity contribution < 1.29 is 4.79 Å². The first-order valence-electron chi connectivity index (χ1n) is 6.93. The summed E-state index contributed by atoms with van der Waals surface area (Å²) in [5.74, 6) is -0.00729. The van der Waals surface area contributed by atoms with E-state index in [0.717, 1.165) is 5.56 Å². The van der Waals surface area contributed by atoms with Gasteiger partial charge in [0, 0.05) is 42.9 Å². The molecule has 0 aliphatic carbocycles. The van der Waals surface area contributed by atoms with Gasteiger partial charge in [0.2, 0.25) is 5.56 Å². The van der Waals surface area contributed by atoms with E-state index in [0.29, 0.717) is 18.7 Å². The topological polar surface area (TPSA) is 79.2 Å². The molecule has 108 valence electrons. The van der Waals surface area contributed by atoms with Gasteiger partial charge in [0.1, 0.15) is 0 Å². The van der Waals surface area contributed by atoms with E-state index in [1.54, 1.807) is 11.0 Å². The number of likely N-dealkylation sites (tertiary alicyclic amines) is 1. The number of H-pyrrole nitrogens is 1. The number of aromatic amines is 1. The van der Waals surface area contributed by atoms with E-state index in [1.807, 2.05) is 30.3 Å². The van der Waals surface area contributed by atoms with Crippen LogP contribution in [-0.4, -0.2) is 34.9 Å². The lowest BCUT2D eigenvalue weighted by Crippen LogP contribution is -2.32. The summed E-state index contributed by atoms with van der Waals surface area (Å²) in [5.41, 5.74) is 7.46. The van der Waals surface area contributed by atoms with Crippen LogP contribution in [0, 0.1) is 0 Å². The van der Waals surface area contributed by atoms with Crippen molar-refractivity contribution in [1.29, 1.82) is 0 Å². The molecular formula is C16H17N3O2. The van der Waals surface area contributed by atoms with Crippen molar-refractivity contribution in [1.82, 2.24) is 9.88 Å². The van der Waals surface area contributed by atoms with Crippen molar-refractivity contribution in [3.05, 3.63) is 70.1 Å². The van der Waals surface area contributed by atoms with E-state index in [9.17, 15) is 9.59 Å². The maximum absolute atomic E-state index is 12.4. The van der Waals surface area contributed by atoms with Gasteiger partial charge in [-0.05, 0) is 11.6 Å². The highest BCUT2D eigenvalue weighted by Crippen LogP contribution is 2.27. The number of benzene rings is 1. The standard InChI is InChI=1S/C16H17N3O2/c17-14-10-19(9-13(14)11-4-2-1-3-5-11)16(21)12-6-7-18-15(20)8-12/h1-8,13-14H,9-10,17H2,(H,18,20)/t13-,14+/m0/s1. The molecule has 3 rings (SSSR count). The van der Waals surface area contributed by atoms with Crippen LogP contribution in [0.2, 0.25) is 0 Å². The van der Waals surface area contributed by atoms with Crippen LogP contribution >= 0.6 is 0 Å². The zero-order chi connectivity index (χ0) is 14.8. The summed E-state index contributed by atoms with van der Waals surface area (Å²) in [5, 5.41) is 0. The van der Waals surface area contributed by atoms with Crippen LogP contribution in [0.25, 0.3) is 0 Å². The molecule has 1 fully saturated rings. The number of hydrogen-bond donors (Lipinski definition) is 2. The molecule has 1 aliphatic heterocycles. The van der Waals surface area contributed by atoms with Crippen LogP contribution < -0.4 is 11.3 Å². The summed E-state index contributed by atoms with van der Waals surface area (Å²) < 4.78 is 0. The minimum atomic E-state index is -0.274. The molecule has 2 aromatic rings. The molecule has 1 aromatic heterocycles. The SMILES string of the molecule is N[C@@H]1CN(C(=O)c2cc[nH]c(=O)c2)C[C@H]1c1ccccc1. The monoisotopic (exact) mass is 283 g/mol. The second-order valence-electron chi connectivity index (χ2n) is 5.33. The van der Waals surface area contributed by atoms with Gasteiger partial charge in [0.25, 0.3) is 5.91 Å². The number of carbonyl (C=O) groups excluding carboxylic acids is 1. The molecule has 3 N–H and O–H groups in total. The lowest BCUT2D eigenvalue weighted by molar-refractivity contribution is 0.0789. The van der Waals surface area contributed by atoms with Gasteiger partial charge in [0.15, 0.2) is 0 Å². The predicted molar refractivity (Wildman–Crippen MR) is 80.1 cm³/mol. The molecule has 0 spiro atoms. The van der Waals surface area contributed by atoms with E-state index in [2.05, 4.69) is 4.98 Å². The number of nitrogens with one attached hydrogen (secondary N) is 1. The Morgan fingerprint density at radius 2 is 1.95 bits per heavy atom. The Labute approximate surface area is 122 Å². The minimum Gasteiger partial charge on any atom is -0.336 e. The van der Waals surface area contributed by atoms with E-state index < -0.39 is 0 Å². The maximum Gasteiger partial charge on any atom is 0.254 e. The molecule has 5 nitrogen and oxygen atoms in total. The van der Waals surface area contributed by atoms with Crippen molar-refractivity contribution in [2.75, 3.05) is 13.1 Å². The Morgan fingerprint density at radius 1 is 1.19 bits per heavy atom. The fourth-order valence-corrected chi connectivity index (χ4v) is 2.81. The molecular weight excluding hydrogens is 266 g/mol. The van der Waals surface area contributed by atoms with E-state index >= 15 is 0 Å². The average Bonchev–Trinajstić information content (AvgIpc) is 2.89. The molecule has 0 saturated carbocycles. The molecule has 2 heterocycles. The van der Waals surface area contributed by atoms with Gasteiger partial charge >= 0.3 is 0 Å². The second-order valence-corrected chi connectivity index (χ2v) is 5.33. The highest BCUT2D eigenvalue weighted by atomic mass is 16.2. The second kappa shape index (κ2) is 5.54. The number of amides is 1. The lowest BCUT2D eigenvalue weighted by Gasteiger charge is -2.16. The van der Waals surface area contributed by atoms with E-state index in [1.165, 1.54) is 12.3 Å². The van der Waals surface area contributed by atoms with Crippen LogP contribution in [0.4, 0.5) is 0 Å². The van der Waals surface area contributed by atoms with Crippen LogP contribution in [-0.2, 0) is 0 Å². The third-order valence-electron chi connectivity index (χ3n) is 3.90. The highest BCUT2D eigenvalue weighted by Gasteiger charge is 2.34. The van der Waals surface area contributed by atoms with Crippen molar-refractivity contribution >= 4 is 5.91 Å². The largest absolute Gasteiger partial charge is 0.336 e. The van der Waals surface area contributed by atoms with Crippen LogP contribution in [0.5, 0.6) is 0 Å². The first-order chi connectivity index (χ1) is 10.1. The molecule has 0 bridgehead atoms. The zero-order valence-electron chi connectivity index (χ0n) is 11.5. The number of aromatic nitrogens is 1. The van der Waals surface area contributed by atoms with Crippen molar-refractivity contribution in [2.45, 2.75) is 12.0 Å². The molecule has 21 heavy (non-hydrogen) atoms. The summed E-state index contributed by atoms with van der Waals surface area (Å²) in [6.07, 6.45) is 1.49. The number of nitrogens with zero attached hydrogens (tertiary/aromatic N) is 1. The summed E-state index contributed by atoms with van der Waals surface area (Å²) in [7, 11) is 0. The number of nitrogens with two attached hydrogens (primary N) is 1. The Balaban J connectivity index is 1.80. The molecule has 5 heteroatoms. The third-order valence-corrected chi connectivity index (χ3v) is 3.90. The highest BCUT2D eigenvalue weighted by molar-refractivity contribution is 5.94. The van der Waals surface area contributed by atoms with Gasteiger partial charge in [-0.15, -0.1) is 0 Å². The van der Waals surface area contributed by atoms with Gasteiger partial charge < -0.3 is 15.6 Å². The fraction of sp³-hybridized carbons (Fsp3) is 0.250. The van der Waals surface area contributed by atoms with Crippen molar-refractivity contribution in [2.24, 2.45) is 5.73 Å². The van der Waals surface area contributed by atoms with Gasteiger partial charge in [-0.2, -0.15) is 0 Å². The third kappa shape index (κ3) is 2.73. The van der Waals surface area contributed by atoms with Gasteiger partial charge in [-0.25, -0.2) is 0 Å². The molecule has 1 amide bonds. The Bertz CT molecular complexity index is 696. The molecule has 1 aliphatic rings. The smallest absolute Gasteiger partial charge is 0.254 e. The zero-order valence-corrected chi connectivity index (χ0v) is 11.5. The number of rotatable bonds is 2. The fourth-order valence-electron chi connectivity index (χ4n) is 2.81. The first-order valence-corrected chi connectivity index (χ1v) is 6.93. The number of carbonyl (C=O) groups is 1. The molecule has 0 unspecified atom stereocenters. The minimum absolute atomic E-state index is 0.0849. The van der Waals surface area contributed by atoms with E-state index in [4.69, 9.17) is 5.73 Å².